The number of aromatic amines is 1. The highest BCUT2D eigenvalue weighted by Gasteiger charge is 2.31. The van der Waals surface area contributed by atoms with E-state index in [4.69, 9.17) is 0 Å². The topological polar surface area (TPSA) is 91.0 Å². The van der Waals surface area contributed by atoms with Crippen molar-refractivity contribution in [2.45, 2.75) is 38.6 Å². The number of halogens is 1. The maximum absolute atomic E-state index is 14.2. The van der Waals surface area contributed by atoms with Gasteiger partial charge in [-0.3, -0.25) is 9.59 Å². The molecule has 8 heteroatoms. The minimum absolute atomic E-state index is 0.0544. The van der Waals surface area contributed by atoms with Crippen LogP contribution in [0, 0.1) is 11.7 Å². The van der Waals surface area contributed by atoms with Crippen LogP contribution in [0.1, 0.15) is 43.1 Å². The van der Waals surface area contributed by atoms with Gasteiger partial charge in [-0.15, -0.1) is 10.2 Å². The van der Waals surface area contributed by atoms with Crippen LogP contribution in [-0.4, -0.2) is 51.5 Å². The molecule has 1 aromatic carbocycles. The zero-order chi connectivity index (χ0) is 22.0. The number of fused-ring (bicyclic) bond motifs is 1. The van der Waals surface area contributed by atoms with Gasteiger partial charge < -0.3 is 15.2 Å². The van der Waals surface area contributed by atoms with E-state index >= 15 is 0 Å². The molecular formula is C23H26FN5O2. The maximum Gasteiger partial charge on any atom is 0.274 e. The van der Waals surface area contributed by atoms with Crippen LogP contribution < -0.4 is 5.32 Å². The lowest BCUT2D eigenvalue weighted by molar-refractivity contribution is -0.120. The van der Waals surface area contributed by atoms with E-state index in [0.29, 0.717) is 35.7 Å². The van der Waals surface area contributed by atoms with Crippen molar-refractivity contribution in [3.63, 3.8) is 0 Å². The number of H-pyrrole nitrogens is 1. The summed E-state index contributed by atoms with van der Waals surface area (Å²) in [6.45, 7) is 2.49. The molecule has 1 fully saturated rings. The van der Waals surface area contributed by atoms with Gasteiger partial charge in [0.05, 0.1) is 11.2 Å². The molecule has 31 heavy (non-hydrogen) atoms. The number of rotatable bonds is 6. The average molecular weight is 423 g/mol. The fourth-order valence-corrected chi connectivity index (χ4v) is 4.19. The summed E-state index contributed by atoms with van der Waals surface area (Å²) in [6, 6.07) is 8.48. The second-order valence-corrected chi connectivity index (χ2v) is 8.11. The Morgan fingerprint density at radius 2 is 2.06 bits per heavy atom. The van der Waals surface area contributed by atoms with Crippen LogP contribution in [0.15, 0.2) is 36.5 Å². The fourth-order valence-electron chi connectivity index (χ4n) is 4.19. The van der Waals surface area contributed by atoms with Gasteiger partial charge >= 0.3 is 0 Å². The molecule has 1 aliphatic carbocycles. The predicted molar refractivity (Wildman–Crippen MR) is 116 cm³/mol. The van der Waals surface area contributed by atoms with E-state index in [-0.39, 0.29) is 29.4 Å². The van der Waals surface area contributed by atoms with E-state index < -0.39 is 0 Å². The number of carbonyl (C=O) groups is 2. The minimum Gasteiger partial charge on any atom is -0.359 e. The summed E-state index contributed by atoms with van der Waals surface area (Å²) in [5.41, 5.74) is 1.83. The number of hydrogen-bond acceptors (Lipinski definition) is 4. The van der Waals surface area contributed by atoms with Gasteiger partial charge in [-0.2, -0.15) is 0 Å². The van der Waals surface area contributed by atoms with Gasteiger partial charge in [0.1, 0.15) is 5.82 Å². The van der Waals surface area contributed by atoms with Crippen LogP contribution in [0.4, 0.5) is 4.39 Å². The van der Waals surface area contributed by atoms with Gasteiger partial charge in [-0.05, 0) is 55.5 Å². The Balaban J connectivity index is 1.41. The maximum atomic E-state index is 14.2. The quantitative estimate of drug-likeness (QED) is 0.635. The van der Waals surface area contributed by atoms with Crippen molar-refractivity contribution in [1.29, 1.82) is 0 Å². The summed E-state index contributed by atoms with van der Waals surface area (Å²) in [5.74, 6) is -0.110. The molecule has 0 radical (unpaired) electrons. The van der Waals surface area contributed by atoms with Gasteiger partial charge in [-0.1, -0.05) is 6.92 Å². The Labute approximate surface area is 180 Å². The molecule has 0 bridgehead atoms. The molecule has 0 aliphatic heterocycles. The highest BCUT2D eigenvalue weighted by atomic mass is 19.1. The molecule has 2 amide bonds. The first-order valence-corrected chi connectivity index (χ1v) is 10.6. The number of nitrogens with one attached hydrogen (secondary N) is 2. The summed E-state index contributed by atoms with van der Waals surface area (Å²) >= 11 is 0. The Hall–Kier alpha value is -3.29. The molecule has 2 atom stereocenters. The predicted octanol–water partition coefficient (Wildman–Crippen LogP) is 3.53. The van der Waals surface area contributed by atoms with Crippen LogP contribution in [0.5, 0.6) is 0 Å². The van der Waals surface area contributed by atoms with E-state index in [1.807, 2.05) is 13.0 Å². The molecule has 2 N–H and O–H groups in total. The zero-order valence-corrected chi connectivity index (χ0v) is 17.7. The Kier molecular flexibility index (Phi) is 5.97. The standard InChI is InChI=1S/C23H26FN5O2/c1-3-21(30)26-13-14-4-5-17(10-14)29(2)23(31)20-7-6-19(27-28-20)16-11-15-8-9-25-22(15)18(24)12-16/h6-9,11-12,14,17,25H,3-5,10,13H2,1-2H3,(H,26,30). The van der Waals surface area contributed by atoms with Crippen LogP contribution in [0.25, 0.3) is 22.2 Å². The summed E-state index contributed by atoms with van der Waals surface area (Å²) in [5, 5.41) is 12.0. The minimum atomic E-state index is -0.356. The van der Waals surface area contributed by atoms with Gasteiger partial charge in [0.25, 0.3) is 5.91 Å². The molecule has 7 nitrogen and oxygen atoms in total. The highest BCUT2D eigenvalue weighted by Crippen LogP contribution is 2.29. The number of hydrogen-bond donors (Lipinski definition) is 2. The van der Waals surface area contributed by atoms with Gasteiger partial charge in [-0.25, -0.2) is 4.39 Å². The van der Waals surface area contributed by atoms with Crippen molar-refractivity contribution in [3.8, 4) is 11.3 Å². The monoisotopic (exact) mass is 423 g/mol. The van der Waals surface area contributed by atoms with Gasteiger partial charge in [0.15, 0.2) is 5.69 Å². The first-order chi connectivity index (χ1) is 15.0. The second-order valence-electron chi connectivity index (χ2n) is 8.11. The summed E-state index contributed by atoms with van der Waals surface area (Å²) in [6.07, 6.45) is 4.90. The van der Waals surface area contributed by atoms with E-state index in [0.717, 1.165) is 24.6 Å². The van der Waals surface area contributed by atoms with E-state index in [9.17, 15) is 14.0 Å². The number of benzene rings is 1. The molecule has 162 valence electrons. The Morgan fingerprint density at radius 3 is 2.81 bits per heavy atom. The number of amides is 2. The third-order valence-corrected chi connectivity index (χ3v) is 6.08. The molecular weight excluding hydrogens is 397 g/mol. The Bertz CT molecular complexity index is 1100. The molecule has 1 saturated carbocycles. The zero-order valence-electron chi connectivity index (χ0n) is 17.7. The third-order valence-electron chi connectivity index (χ3n) is 6.08. The summed E-state index contributed by atoms with van der Waals surface area (Å²) < 4.78 is 14.2. The summed E-state index contributed by atoms with van der Waals surface area (Å²) in [4.78, 5) is 28.9. The second kappa shape index (κ2) is 8.83. The van der Waals surface area contributed by atoms with E-state index in [1.165, 1.54) is 6.07 Å². The van der Waals surface area contributed by atoms with E-state index in [1.54, 1.807) is 36.3 Å². The highest BCUT2D eigenvalue weighted by molar-refractivity contribution is 5.92. The van der Waals surface area contributed by atoms with Crippen molar-refractivity contribution < 1.29 is 14.0 Å². The Morgan fingerprint density at radius 1 is 1.23 bits per heavy atom. The molecule has 4 rings (SSSR count). The lowest BCUT2D eigenvalue weighted by atomic mass is 10.1. The molecule has 2 unspecified atom stereocenters. The fraction of sp³-hybridized carbons (Fsp3) is 0.391. The lowest BCUT2D eigenvalue weighted by Crippen LogP contribution is -2.36. The first kappa shape index (κ1) is 21.0. The van der Waals surface area contributed by atoms with Crippen LogP contribution in [0.2, 0.25) is 0 Å². The SMILES string of the molecule is CCC(=O)NCC1CCC(N(C)C(=O)c2ccc(-c3cc(F)c4[nH]ccc4c3)nn2)C1. The number of aromatic nitrogens is 3. The van der Waals surface area contributed by atoms with Crippen molar-refractivity contribution in [2.24, 2.45) is 5.92 Å². The molecule has 0 spiro atoms. The smallest absolute Gasteiger partial charge is 0.274 e. The van der Waals surface area contributed by atoms with Crippen molar-refractivity contribution in [2.75, 3.05) is 13.6 Å². The first-order valence-electron chi connectivity index (χ1n) is 10.6. The molecule has 3 aromatic rings. The van der Waals surface area contributed by atoms with E-state index in [2.05, 4.69) is 20.5 Å². The van der Waals surface area contributed by atoms with Gasteiger partial charge in [0.2, 0.25) is 5.91 Å². The van der Waals surface area contributed by atoms with Crippen molar-refractivity contribution in [3.05, 3.63) is 48.0 Å². The number of nitrogens with zero attached hydrogens (tertiary/aromatic N) is 3. The molecule has 1 aliphatic rings. The number of carbonyl (C=O) groups excluding carboxylic acids is 2. The molecule has 2 heterocycles. The average Bonchev–Trinajstić information content (AvgIpc) is 3.46. The molecule has 2 aromatic heterocycles. The third kappa shape index (κ3) is 4.42. The van der Waals surface area contributed by atoms with Crippen LogP contribution >= 0.6 is 0 Å². The lowest BCUT2D eigenvalue weighted by Gasteiger charge is -2.24. The van der Waals surface area contributed by atoms with Crippen LogP contribution in [0.3, 0.4) is 0 Å². The summed E-state index contributed by atoms with van der Waals surface area (Å²) in [7, 11) is 1.78. The largest absolute Gasteiger partial charge is 0.359 e. The van der Waals surface area contributed by atoms with Crippen LogP contribution in [-0.2, 0) is 4.79 Å². The molecule has 0 saturated heterocycles. The van der Waals surface area contributed by atoms with Gasteiger partial charge in [0, 0.05) is 43.2 Å². The van der Waals surface area contributed by atoms with Crippen molar-refractivity contribution in [1.82, 2.24) is 25.4 Å². The normalized spacial score (nSPS) is 18.3. The van der Waals surface area contributed by atoms with Crippen molar-refractivity contribution >= 4 is 22.7 Å².